The summed E-state index contributed by atoms with van der Waals surface area (Å²) in [5, 5.41) is 18.1. The summed E-state index contributed by atoms with van der Waals surface area (Å²) in [6.07, 6.45) is 1.91. The summed E-state index contributed by atoms with van der Waals surface area (Å²) in [4.78, 5) is 25.7. The molecule has 1 fully saturated rings. The van der Waals surface area contributed by atoms with E-state index in [0.29, 0.717) is 43.2 Å². The zero-order valence-corrected chi connectivity index (χ0v) is 21.7. The number of hydrogen-bond donors (Lipinski definition) is 3. The second-order valence-corrected chi connectivity index (χ2v) is 9.78. The van der Waals surface area contributed by atoms with Crippen LogP contribution in [-0.4, -0.2) is 72.5 Å². The Hall–Kier alpha value is -3.14. The van der Waals surface area contributed by atoms with E-state index in [2.05, 4.69) is 15.8 Å². The maximum atomic E-state index is 12.7. The lowest BCUT2D eigenvalue weighted by atomic mass is 10.0. The van der Waals surface area contributed by atoms with Crippen molar-refractivity contribution in [1.29, 1.82) is 0 Å². The molecular weight excluding hydrogens is 496 g/mol. The van der Waals surface area contributed by atoms with E-state index in [9.17, 15) is 14.7 Å². The second kappa shape index (κ2) is 12.9. The van der Waals surface area contributed by atoms with Crippen molar-refractivity contribution in [3.8, 4) is 11.5 Å². The summed E-state index contributed by atoms with van der Waals surface area (Å²) < 4.78 is 11.3. The number of hydrogen-bond acceptors (Lipinski definition) is 7. The Morgan fingerprint density at radius 3 is 2.62 bits per heavy atom. The molecular formula is C27H33ClN4O5. The Morgan fingerprint density at radius 1 is 1.19 bits per heavy atom. The fourth-order valence-electron chi connectivity index (χ4n) is 4.23. The number of ether oxygens (including phenoxy) is 2. The first-order valence-corrected chi connectivity index (χ1v) is 12.9. The van der Waals surface area contributed by atoms with Crippen LogP contribution in [0.25, 0.3) is 0 Å². The number of piperidine rings is 1. The van der Waals surface area contributed by atoms with E-state index >= 15 is 0 Å². The molecule has 0 bridgehead atoms. The Morgan fingerprint density at radius 2 is 1.95 bits per heavy atom. The third-order valence-corrected chi connectivity index (χ3v) is 6.77. The minimum atomic E-state index is -0.616. The number of carbonyl (C=O) groups is 2. The van der Waals surface area contributed by atoms with Crippen molar-refractivity contribution >= 4 is 29.1 Å². The number of aliphatic hydroxyl groups excluding tert-OH is 1. The van der Waals surface area contributed by atoms with E-state index in [-0.39, 0.29) is 31.1 Å². The van der Waals surface area contributed by atoms with Gasteiger partial charge in [0, 0.05) is 38.5 Å². The summed E-state index contributed by atoms with van der Waals surface area (Å²) in [6.45, 7) is 3.81. The molecule has 4 rings (SSSR count). The highest BCUT2D eigenvalue weighted by Gasteiger charge is 2.24. The number of carbonyl (C=O) groups excluding carboxylic acids is 2. The molecule has 2 aliphatic rings. The quantitative estimate of drug-likeness (QED) is 0.437. The monoisotopic (exact) mass is 528 g/mol. The highest BCUT2D eigenvalue weighted by molar-refractivity contribution is 6.32. The fourth-order valence-corrected chi connectivity index (χ4v) is 4.47. The molecule has 0 unspecified atom stereocenters. The molecule has 1 saturated heterocycles. The van der Waals surface area contributed by atoms with E-state index in [1.54, 1.807) is 17.0 Å². The number of hydrazone groups is 1. The number of aryl methyl sites for hydroxylation is 1. The van der Waals surface area contributed by atoms with Crippen molar-refractivity contribution in [1.82, 2.24) is 15.6 Å². The smallest absolute Gasteiger partial charge is 0.260 e. The van der Waals surface area contributed by atoms with Gasteiger partial charge < -0.3 is 24.8 Å². The van der Waals surface area contributed by atoms with Crippen LogP contribution in [-0.2, 0) is 9.59 Å². The van der Waals surface area contributed by atoms with Gasteiger partial charge in [-0.25, -0.2) is 5.43 Å². The van der Waals surface area contributed by atoms with Crippen molar-refractivity contribution < 1.29 is 24.2 Å². The molecule has 0 radical (unpaired) electrons. The standard InChI is InChI=1S/C27H33ClN4O5/c1-18-2-5-22(6-3-18)36-16-21(33)15-29-20-10-12-32(13-11-20)27(35)17-37-25-8-4-19(14-23(25)28)24-7-9-26(34)31-30-24/h2-6,8,14,20-21,29,33H,7,9-13,15-17H2,1H3,(H,31,34)/t21-/m0/s1. The first-order chi connectivity index (χ1) is 17.9. The minimum Gasteiger partial charge on any atom is -0.491 e. The summed E-state index contributed by atoms with van der Waals surface area (Å²) in [7, 11) is 0. The molecule has 2 aromatic rings. The first-order valence-electron chi connectivity index (χ1n) is 12.5. The Labute approximate surface area is 221 Å². The van der Waals surface area contributed by atoms with Gasteiger partial charge in [0.05, 0.1) is 10.7 Å². The molecule has 2 aliphatic heterocycles. The molecule has 3 N–H and O–H groups in total. The van der Waals surface area contributed by atoms with Gasteiger partial charge in [-0.1, -0.05) is 29.3 Å². The van der Waals surface area contributed by atoms with Crippen LogP contribution < -0.4 is 20.2 Å². The lowest BCUT2D eigenvalue weighted by molar-refractivity contribution is -0.134. The number of nitrogens with zero attached hydrogens (tertiary/aromatic N) is 2. The van der Waals surface area contributed by atoms with Crippen LogP contribution in [0.4, 0.5) is 0 Å². The number of likely N-dealkylation sites (tertiary alicyclic amines) is 1. The van der Waals surface area contributed by atoms with Crippen LogP contribution >= 0.6 is 11.6 Å². The second-order valence-electron chi connectivity index (χ2n) is 9.37. The van der Waals surface area contributed by atoms with Crippen LogP contribution in [0.1, 0.15) is 36.8 Å². The van der Waals surface area contributed by atoms with Crippen LogP contribution in [0.15, 0.2) is 47.6 Å². The molecule has 0 saturated carbocycles. The van der Waals surface area contributed by atoms with Gasteiger partial charge in [-0.2, -0.15) is 5.10 Å². The van der Waals surface area contributed by atoms with Gasteiger partial charge in [0.2, 0.25) is 5.91 Å². The largest absolute Gasteiger partial charge is 0.491 e. The summed E-state index contributed by atoms with van der Waals surface area (Å²) in [5.74, 6) is 0.973. The van der Waals surface area contributed by atoms with Crippen molar-refractivity contribution in [2.75, 3.05) is 32.8 Å². The Bertz CT molecular complexity index is 1120. The zero-order chi connectivity index (χ0) is 26.2. The molecule has 37 heavy (non-hydrogen) atoms. The van der Waals surface area contributed by atoms with Crippen molar-refractivity contribution in [2.24, 2.45) is 5.10 Å². The maximum Gasteiger partial charge on any atom is 0.260 e. The fraction of sp³-hybridized carbons (Fsp3) is 0.444. The highest BCUT2D eigenvalue weighted by atomic mass is 35.5. The molecule has 0 aromatic heterocycles. The number of aliphatic hydroxyl groups is 1. The average molecular weight is 529 g/mol. The molecule has 2 aromatic carbocycles. The van der Waals surface area contributed by atoms with Gasteiger partial charge in [-0.3, -0.25) is 9.59 Å². The zero-order valence-electron chi connectivity index (χ0n) is 20.9. The van der Waals surface area contributed by atoms with Crippen molar-refractivity contribution in [3.05, 3.63) is 58.6 Å². The van der Waals surface area contributed by atoms with Crippen LogP contribution in [0.3, 0.4) is 0 Å². The average Bonchev–Trinajstić information content (AvgIpc) is 2.91. The van der Waals surface area contributed by atoms with Crippen LogP contribution in [0.5, 0.6) is 11.5 Å². The molecule has 198 valence electrons. The number of amides is 2. The molecule has 1 atom stereocenters. The van der Waals surface area contributed by atoms with Gasteiger partial charge in [-0.05, 0) is 55.7 Å². The van der Waals surface area contributed by atoms with E-state index in [1.807, 2.05) is 37.3 Å². The van der Waals surface area contributed by atoms with Gasteiger partial charge >= 0.3 is 0 Å². The van der Waals surface area contributed by atoms with E-state index in [4.69, 9.17) is 21.1 Å². The van der Waals surface area contributed by atoms with Gasteiger partial charge in [0.25, 0.3) is 5.91 Å². The van der Waals surface area contributed by atoms with Gasteiger partial charge in [-0.15, -0.1) is 0 Å². The lowest BCUT2D eigenvalue weighted by Crippen LogP contribution is -2.48. The maximum absolute atomic E-state index is 12.7. The number of halogens is 1. The van der Waals surface area contributed by atoms with Crippen LogP contribution in [0.2, 0.25) is 5.02 Å². The summed E-state index contributed by atoms with van der Waals surface area (Å²) >= 11 is 6.36. The highest BCUT2D eigenvalue weighted by Crippen LogP contribution is 2.27. The van der Waals surface area contributed by atoms with Gasteiger partial charge in [0.15, 0.2) is 6.61 Å². The van der Waals surface area contributed by atoms with Crippen LogP contribution in [0, 0.1) is 6.92 Å². The molecule has 9 nitrogen and oxygen atoms in total. The third kappa shape index (κ3) is 7.92. The van der Waals surface area contributed by atoms with E-state index in [0.717, 1.165) is 35.4 Å². The normalized spacial score (nSPS) is 17.1. The van der Waals surface area contributed by atoms with Crippen molar-refractivity contribution in [3.63, 3.8) is 0 Å². The lowest BCUT2D eigenvalue weighted by Gasteiger charge is -2.33. The van der Waals surface area contributed by atoms with Crippen molar-refractivity contribution in [2.45, 2.75) is 44.8 Å². The first kappa shape index (κ1) is 26.9. The molecule has 2 heterocycles. The van der Waals surface area contributed by atoms with E-state index < -0.39 is 6.10 Å². The number of rotatable bonds is 10. The SMILES string of the molecule is Cc1ccc(OC[C@@H](O)CNC2CCN(C(=O)COc3ccc(C4=NNC(=O)CC4)cc3Cl)CC2)cc1. The third-order valence-electron chi connectivity index (χ3n) is 6.47. The van der Waals surface area contributed by atoms with Gasteiger partial charge in [0.1, 0.15) is 24.2 Å². The van der Waals surface area contributed by atoms with E-state index in [1.165, 1.54) is 0 Å². The Kier molecular flexibility index (Phi) is 9.38. The number of benzene rings is 2. The molecule has 2 amide bonds. The Balaban J connectivity index is 1.15. The summed E-state index contributed by atoms with van der Waals surface area (Å²) in [5.41, 5.74) is 5.20. The topological polar surface area (TPSA) is 112 Å². The predicted octanol–water partition coefficient (Wildman–Crippen LogP) is 2.66. The molecule has 10 heteroatoms. The molecule has 0 aliphatic carbocycles. The minimum absolute atomic E-state index is 0.0931. The number of nitrogens with one attached hydrogen (secondary N) is 2. The predicted molar refractivity (Wildman–Crippen MR) is 141 cm³/mol. The molecule has 0 spiro atoms. The summed E-state index contributed by atoms with van der Waals surface area (Å²) in [6, 6.07) is 13.2.